The predicted molar refractivity (Wildman–Crippen MR) is 78.1 cm³/mol. The number of anilines is 1. The van der Waals surface area contributed by atoms with Crippen LogP contribution in [0.1, 0.15) is 35.2 Å². The third-order valence-electron chi connectivity index (χ3n) is 3.51. The molecule has 0 saturated heterocycles. The number of benzene rings is 1. The lowest BCUT2D eigenvalue weighted by Crippen LogP contribution is -2.36. The van der Waals surface area contributed by atoms with Crippen LogP contribution in [0.5, 0.6) is 0 Å². The van der Waals surface area contributed by atoms with Crippen LogP contribution in [0.15, 0.2) is 23.0 Å². The van der Waals surface area contributed by atoms with Crippen molar-refractivity contribution in [2.75, 3.05) is 5.73 Å². The number of aryl methyl sites for hydroxylation is 1. The van der Waals surface area contributed by atoms with E-state index >= 15 is 0 Å². The highest BCUT2D eigenvalue weighted by Gasteiger charge is 2.30. The molecule has 2 atom stereocenters. The number of nitrogens with two attached hydrogens (primary N) is 1. The van der Waals surface area contributed by atoms with Crippen LogP contribution in [0.25, 0.3) is 10.9 Å². The molecule has 21 heavy (non-hydrogen) atoms. The Hall–Kier alpha value is -2.50. The zero-order chi connectivity index (χ0) is 17.6. The van der Waals surface area contributed by atoms with E-state index < -0.39 is 23.8 Å². The van der Waals surface area contributed by atoms with E-state index in [1.54, 1.807) is 0 Å². The average molecular weight is 288 g/mol. The molecule has 6 heteroatoms. The molecule has 1 aliphatic rings. The number of carbonyl (C=O) groups excluding carboxylic acids is 2. The fourth-order valence-electron chi connectivity index (χ4n) is 2.53. The highest BCUT2D eigenvalue weighted by molar-refractivity contribution is 6.03. The summed E-state index contributed by atoms with van der Waals surface area (Å²) in [5.74, 6) is -0.835. The van der Waals surface area contributed by atoms with Gasteiger partial charge in [-0.15, -0.1) is 0 Å². The third-order valence-corrected chi connectivity index (χ3v) is 3.51. The molecule has 0 bridgehead atoms. The van der Waals surface area contributed by atoms with Gasteiger partial charge in [0.2, 0.25) is 0 Å². The van der Waals surface area contributed by atoms with Crippen molar-refractivity contribution in [3.8, 4) is 0 Å². The number of nitrogens with zero attached hydrogens (tertiary/aromatic N) is 2. The standard InChI is InChI=1S/C15H15N3O3/c1-8-17-11-4-2-3-10(16)14(11)15(21)18(8)12-6-5-9(19)7-13(12)20/h2-4,12H,5-7,16H2,1H3/i1D,3D,6D. The number of nitrogen functional groups attached to an aromatic ring is 1. The van der Waals surface area contributed by atoms with Crippen LogP contribution in [-0.2, 0) is 9.59 Å². The lowest BCUT2D eigenvalue weighted by atomic mass is 9.92. The minimum absolute atomic E-state index is 0.00315. The van der Waals surface area contributed by atoms with Crippen LogP contribution in [0.3, 0.4) is 0 Å². The van der Waals surface area contributed by atoms with Gasteiger partial charge in [-0.25, -0.2) is 4.98 Å². The first-order valence-electron chi connectivity index (χ1n) is 8.19. The normalized spacial score (nSPS) is 24.7. The molecule has 2 unspecified atom stereocenters. The summed E-state index contributed by atoms with van der Waals surface area (Å²) in [6.07, 6.45) is -1.58. The van der Waals surface area contributed by atoms with Gasteiger partial charge >= 0.3 is 0 Å². The van der Waals surface area contributed by atoms with Crippen LogP contribution in [0, 0.1) is 6.90 Å². The van der Waals surface area contributed by atoms with Gasteiger partial charge in [0, 0.05) is 14.8 Å². The highest BCUT2D eigenvalue weighted by atomic mass is 16.2. The highest BCUT2D eigenvalue weighted by Crippen LogP contribution is 2.24. The molecule has 1 aromatic carbocycles. The zero-order valence-electron chi connectivity index (χ0n) is 14.1. The van der Waals surface area contributed by atoms with Crippen molar-refractivity contribution in [1.29, 1.82) is 0 Å². The topological polar surface area (TPSA) is 95.0 Å². The quantitative estimate of drug-likeness (QED) is 0.627. The minimum Gasteiger partial charge on any atom is -0.398 e. The molecular formula is C15H15N3O3. The molecule has 6 nitrogen and oxygen atoms in total. The summed E-state index contributed by atoms with van der Waals surface area (Å²) < 4.78 is 24.4. The Kier molecular flexibility index (Phi) is 2.35. The molecule has 1 aliphatic carbocycles. The fourth-order valence-corrected chi connectivity index (χ4v) is 2.53. The Morgan fingerprint density at radius 3 is 3.05 bits per heavy atom. The Bertz CT molecular complexity index is 926. The number of Topliss-reactive ketones (excluding diaryl/α,β-unsaturated/α-hetero) is 2. The van der Waals surface area contributed by atoms with Crippen LogP contribution in [0.4, 0.5) is 5.69 Å². The lowest BCUT2D eigenvalue weighted by molar-refractivity contribution is -0.132. The summed E-state index contributed by atoms with van der Waals surface area (Å²) >= 11 is 0. The number of hydrogen-bond acceptors (Lipinski definition) is 5. The van der Waals surface area contributed by atoms with Crippen LogP contribution >= 0.6 is 0 Å². The molecule has 0 spiro atoms. The molecular weight excluding hydrogens is 270 g/mol. The van der Waals surface area contributed by atoms with E-state index in [2.05, 4.69) is 4.98 Å². The van der Waals surface area contributed by atoms with Crippen molar-refractivity contribution >= 4 is 28.2 Å². The first-order valence-corrected chi connectivity index (χ1v) is 6.41. The third kappa shape index (κ3) is 2.12. The largest absolute Gasteiger partial charge is 0.398 e. The first kappa shape index (κ1) is 10.3. The molecule has 2 N–H and O–H groups in total. The molecule has 1 saturated carbocycles. The molecule has 3 rings (SSSR count). The summed E-state index contributed by atoms with van der Waals surface area (Å²) in [7, 11) is 0. The van der Waals surface area contributed by atoms with Gasteiger partial charge in [-0.2, -0.15) is 0 Å². The van der Waals surface area contributed by atoms with Crippen molar-refractivity contribution in [3.63, 3.8) is 0 Å². The SMILES string of the molecule is [2H]Cc1nc2ccc([2H])c(N)c2c(=O)n1C1C(=O)CC(=O)CC1[2H]. The minimum atomic E-state index is -1.17. The van der Waals surface area contributed by atoms with Crippen molar-refractivity contribution in [1.82, 2.24) is 9.55 Å². The monoisotopic (exact) mass is 288 g/mol. The van der Waals surface area contributed by atoms with Crippen molar-refractivity contribution in [2.24, 2.45) is 0 Å². The smallest absolute Gasteiger partial charge is 0.264 e. The van der Waals surface area contributed by atoms with E-state index in [1.165, 1.54) is 12.1 Å². The Labute approximate surface area is 124 Å². The number of carbonyl (C=O) groups is 2. The van der Waals surface area contributed by atoms with Gasteiger partial charge in [0.1, 0.15) is 11.6 Å². The molecule has 2 aromatic rings. The Balaban J connectivity index is 2.33. The van der Waals surface area contributed by atoms with Gasteiger partial charge in [0.25, 0.3) is 5.56 Å². The predicted octanol–water partition coefficient (Wildman–Crippen LogP) is 1.15. The second kappa shape index (κ2) is 4.80. The van der Waals surface area contributed by atoms with Gasteiger partial charge in [0.15, 0.2) is 5.78 Å². The number of ketones is 2. The van der Waals surface area contributed by atoms with Gasteiger partial charge in [-0.05, 0) is 25.4 Å². The van der Waals surface area contributed by atoms with Crippen molar-refractivity contribution in [3.05, 3.63) is 34.4 Å². The number of aromatic nitrogens is 2. The summed E-state index contributed by atoms with van der Waals surface area (Å²) in [5, 5.41) is -0.00315. The van der Waals surface area contributed by atoms with E-state index in [4.69, 9.17) is 9.85 Å². The van der Waals surface area contributed by atoms with E-state index in [0.29, 0.717) is 0 Å². The maximum atomic E-state index is 12.9. The van der Waals surface area contributed by atoms with Crippen LogP contribution < -0.4 is 11.3 Å². The van der Waals surface area contributed by atoms with Crippen molar-refractivity contribution < 1.29 is 13.7 Å². The fraction of sp³-hybridized carbons (Fsp3) is 0.333. The second-order valence-electron chi connectivity index (χ2n) is 4.92. The van der Waals surface area contributed by atoms with Gasteiger partial charge in [-0.1, -0.05) is 6.07 Å². The van der Waals surface area contributed by atoms with E-state index in [1.807, 2.05) is 0 Å². The van der Waals surface area contributed by atoms with Gasteiger partial charge < -0.3 is 5.73 Å². The Morgan fingerprint density at radius 2 is 2.33 bits per heavy atom. The lowest BCUT2D eigenvalue weighted by Gasteiger charge is -2.24. The maximum Gasteiger partial charge on any atom is 0.264 e. The average Bonchev–Trinajstić information content (AvgIpc) is 2.51. The van der Waals surface area contributed by atoms with Crippen LogP contribution in [0.2, 0.25) is 0 Å². The second-order valence-corrected chi connectivity index (χ2v) is 4.92. The number of fused-ring (bicyclic) bond motifs is 1. The zero-order valence-corrected chi connectivity index (χ0v) is 11.1. The number of rotatable bonds is 1. The summed E-state index contributed by atoms with van der Waals surface area (Å²) in [6.45, 7) is -0.363. The molecule has 1 aromatic heterocycles. The maximum absolute atomic E-state index is 12.9. The van der Waals surface area contributed by atoms with E-state index in [9.17, 15) is 14.4 Å². The first-order chi connectivity index (χ1) is 11.3. The van der Waals surface area contributed by atoms with E-state index in [0.717, 1.165) is 4.57 Å². The Morgan fingerprint density at radius 1 is 1.52 bits per heavy atom. The van der Waals surface area contributed by atoms with Crippen molar-refractivity contribution in [2.45, 2.75) is 32.2 Å². The molecule has 1 heterocycles. The van der Waals surface area contributed by atoms with E-state index in [-0.39, 0.29) is 54.0 Å². The van der Waals surface area contributed by atoms with Gasteiger partial charge in [0.05, 0.1) is 24.7 Å². The molecule has 1 fully saturated rings. The molecule has 0 radical (unpaired) electrons. The summed E-state index contributed by atoms with van der Waals surface area (Å²) in [6, 6.07) is 1.66. The molecule has 0 amide bonds. The number of hydrogen-bond donors (Lipinski definition) is 1. The summed E-state index contributed by atoms with van der Waals surface area (Å²) in [5.41, 5.74) is 5.36. The van der Waals surface area contributed by atoms with Crippen LogP contribution in [-0.4, -0.2) is 21.1 Å². The summed E-state index contributed by atoms with van der Waals surface area (Å²) in [4.78, 5) is 40.9. The molecule has 0 aliphatic heterocycles. The van der Waals surface area contributed by atoms with Gasteiger partial charge in [-0.3, -0.25) is 19.0 Å². The molecule has 108 valence electrons.